The molecule has 0 amide bonds. The number of benzene rings is 1. The highest BCUT2D eigenvalue weighted by Gasteiger charge is 2.15. The van der Waals surface area contributed by atoms with Crippen LogP contribution in [0.5, 0.6) is 0 Å². The number of carbonyl (C=O) groups is 1. The van der Waals surface area contributed by atoms with Crippen molar-refractivity contribution in [1.82, 2.24) is 19.2 Å². The maximum atomic E-state index is 11.1. The van der Waals surface area contributed by atoms with Crippen molar-refractivity contribution in [3.8, 4) is 0 Å². The Morgan fingerprint density at radius 1 is 1.26 bits per heavy atom. The lowest BCUT2D eigenvalue weighted by atomic mass is 10.1. The monoisotopic (exact) mass is 254 g/mol. The lowest BCUT2D eigenvalue weighted by molar-refractivity contribution is 0.111. The highest BCUT2D eigenvalue weighted by Crippen LogP contribution is 2.13. The van der Waals surface area contributed by atoms with Gasteiger partial charge in [-0.3, -0.25) is 9.36 Å². The molecule has 2 heterocycles. The van der Waals surface area contributed by atoms with E-state index in [2.05, 4.69) is 22.2 Å². The molecule has 0 radical (unpaired) electrons. The van der Waals surface area contributed by atoms with Crippen molar-refractivity contribution in [2.24, 2.45) is 7.05 Å². The Kier molecular flexibility index (Phi) is 2.67. The number of carbonyl (C=O) groups excluding carboxylic acids is 1. The Balaban J connectivity index is 2.08. The molecule has 0 saturated heterocycles. The van der Waals surface area contributed by atoms with Crippen molar-refractivity contribution in [3.05, 3.63) is 53.1 Å². The minimum atomic E-state index is 0.518. The second-order valence-corrected chi connectivity index (χ2v) is 4.55. The summed E-state index contributed by atoms with van der Waals surface area (Å²) >= 11 is 0. The van der Waals surface area contributed by atoms with Gasteiger partial charge in [-0.2, -0.15) is 9.61 Å². The highest BCUT2D eigenvalue weighted by molar-refractivity contribution is 5.75. The first-order valence-corrected chi connectivity index (χ1v) is 6.10. The van der Waals surface area contributed by atoms with Gasteiger partial charge in [-0.05, 0) is 12.5 Å². The number of imidazole rings is 1. The first-order chi connectivity index (χ1) is 9.20. The van der Waals surface area contributed by atoms with Gasteiger partial charge < -0.3 is 0 Å². The quantitative estimate of drug-likeness (QED) is 0.669. The average molecular weight is 254 g/mol. The number of rotatable bonds is 3. The maximum Gasteiger partial charge on any atom is 0.232 e. The third-order valence-electron chi connectivity index (χ3n) is 3.28. The molecule has 1 aromatic carbocycles. The summed E-state index contributed by atoms with van der Waals surface area (Å²) in [6, 6.07) is 10.1. The summed E-state index contributed by atoms with van der Waals surface area (Å²) in [7, 11) is 1.92. The SMILES string of the molecule is Cc1nc2n(C)c(Cc3ccccc3)nn2c1C=O. The van der Waals surface area contributed by atoms with E-state index in [-0.39, 0.29) is 0 Å². The number of aryl methyl sites for hydroxylation is 2. The lowest BCUT2D eigenvalue weighted by Crippen LogP contribution is -2.00. The second kappa shape index (κ2) is 4.35. The number of aldehydes is 1. The summed E-state index contributed by atoms with van der Waals surface area (Å²) in [5.41, 5.74) is 2.41. The molecule has 0 unspecified atom stereocenters. The van der Waals surface area contributed by atoms with Crippen LogP contribution < -0.4 is 0 Å². The smallest absolute Gasteiger partial charge is 0.232 e. The van der Waals surface area contributed by atoms with Gasteiger partial charge >= 0.3 is 0 Å². The fourth-order valence-electron chi connectivity index (χ4n) is 2.20. The van der Waals surface area contributed by atoms with E-state index < -0.39 is 0 Å². The van der Waals surface area contributed by atoms with E-state index in [0.717, 1.165) is 18.5 Å². The first kappa shape index (κ1) is 11.6. The summed E-state index contributed by atoms with van der Waals surface area (Å²) in [6.45, 7) is 1.81. The zero-order valence-electron chi connectivity index (χ0n) is 10.9. The van der Waals surface area contributed by atoms with Crippen LogP contribution in [-0.2, 0) is 13.5 Å². The molecule has 2 aromatic heterocycles. The van der Waals surface area contributed by atoms with E-state index >= 15 is 0 Å². The van der Waals surface area contributed by atoms with Gasteiger partial charge in [0.15, 0.2) is 6.29 Å². The molecule has 0 bridgehead atoms. The summed E-state index contributed by atoms with van der Waals surface area (Å²) in [5.74, 6) is 1.59. The standard InChI is InChI=1S/C14H14N4O/c1-10-12(9-19)18-14(15-10)17(2)13(16-18)8-11-6-4-3-5-7-11/h3-7,9H,8H2,1-2H3. The Labute approximate surface area is 110 Å². The second-order valence-electron chi connectivity index (χ2n) is 4.55. The average Bonchev–Trinajstić information content (AvgIpc) is 2.88. The van der Waals surface area contributed by atoms with Crippen molar-refractivity contribution in [2.75, 3.05) is 0 Å². The van der Waals surface area contributed by atoms with Gasteiger partial charge in [0.25, 0.3) is 0 Å². The molecular formula is C14H14N4O. The molecule has 5 heteroatoms. The number of hydrogen-bond acceptors (Lipinski definition) is 3. The maximum absolute atomic E-state index is 11.1. The predicted octanol–water partition coefficient (Wildman–Crippen LogP) is 1.78. The Bertz CT molecular complexity index is 740. The van der Waals surface area contributed by atoms with E-state index in [1.165, 1.54) is 5.56 Å². The summed E-state index contributed by atoms with van der Waals surface area (Å²) in [6.07, 6.45) is 1.52. The molecule has 5 nitrogen and oxygen atoms in total. The zero-order chi connectivity index (χ0) is 13.4. The first-order valence-electron chi connectivity index (χ1n) is 6.10. The van der Waals surface area contributed by atoms with Crippen LogP contribution in [0.1, 0.15) is 27.6 Å². The minimum Gasteiger partial charge on any atom is -0.300 e. The molecule has 0 aliphatic carbocycles. The van der Waals surface area contributed by atoms with Crippen molar-refractivity contribution in [3.63, 3.8) is 0 Å². The molecule has 0 spiro atoms. The normalized spacial score (nSPS) is 11.1. The zero-order valence-corrected chi connectivity index (χ0v) is 10.9. The number of nitrogens with zero attached hydrogens (tertiary/aromatic N) is 4. The van der Waals surface area contributed by atoms with Crippen molar-refractivity contribution in [1.29, 1.82) is 0 Å². The number of hydrogen-bond donors (Lipinski definition) is 0. The molecule has 0 fully saturated rings. The molecule has 96 valence electrons. The molecule has 0 atom stereocenters. The molecule has 3 rings (SSSR count). The van der Waals surface area contributed by atoms with Gasteiger partial charge in [0.05, 0.1) is 5.69 Å². The van der Waals surface area contributed by atoms with Crippen LogP contribution in [0, 0.1) is 6.92 Å². The van der Waals surface area contributed by atoms with Gasteiger partial charge in [-0.1, -0.05) is 30.3 Å². The Morgan fingerprint density at radius 3 is 2.68 bits per heavy atom. The fourth-order valence-corrected chi connectivity index (χ4v) is 2.20. The molecule has 0 N–H and O–H groups in total. The Hall–Kier alpha value is -2.43. The summed E-state index contributed by atoms with van der Waals surface area (Å²) < 4.78 is 3.54. The van der Waals surface area contributed by atoms with Crippen molar-refractivity contribution in [2.45, 2.75) is 13.3 Å². The lowest BCUT2D eigenvalue weighted by Gasteiger charge is -2.00. The topological polar surface area (TPSA) is 52.2 Å². The molecule has 19 heavy (non-hydrogen) atoms. The van der Waals surface area contributed by atoms with E-state index in [1.807, 2.05) is 36.7 Å². The van der Waals surface area contributed by atoms with Crippen LogP contribution >= 0.6 is 0 Å². The van der Waals surface area contributed by atoms with Crippen LogP contribution in [0.15, 0.2) is 30.3 Å². The van der Waals surface area contributed by atoms with Crippen LogP contribution in [0.25, 0.3) is 5.78 Å². The molecule has 0 aliphatic heterocycles. The van der Waals surface area contributed by atoms with Gasteiger partial charge in [0, 0.05) is 13.5 Å². The fraction of sp³-hybridized carbons (Fsp3) is 0.214. The van der Waals surface area contributed by atoms with Crippen LogP contribution in [-0.4, -0.2) is 25.5 Å². The van der Waals surface area contributed by atoms with Crippen molar-refractivity contribution < 1.29 is 4.79 Å². The number of aromatic nitrogens is 4. The van der Waals surface area contributed by atoms with Gasteiger partial charge in [0.2, 0.25) is 5.78 Å². The van der Waals surface area contributed by atoms with E-state index in [0.29, 0.717) is 17.2 Å². The van der Waals surface area contributed by atoms with E-state index in [9.17, 15) is 4.79 Å². The van der Waals surface area contributed by atoms with Gasteiger partial charge in [-0.15, -0.1) is 0 Å². The Morgan fingerprint density at radius 2 is 2.00 bits per heavy atom. The third kappa shape index (κ3) is 1.83. The largest absolute Gasteiger partial charge is 0.300 e. The van der Waals surface area contributed by atoms with Crippen molar-refractivity contribution >= 4 is 12.1 Å². The van der Waals surface area contributed by atoms with Crippen LogP contribution in [0.4, 0.5) is 0 Å². The van der Waals surface area contributed by atoms with Gasteiger partial charge in [0.1, 0.15) is 11.5 Å². The van der Waals surface area contributed by atoms with Crippen LogP contribution in [0.3, 0.4) is 0 Å². The summed E-state index contributed by atoms with van der Waals surface area (Å²) in [5, 5.41) is 4.49. The predicted molar refractivity (Wildman–Crippen MR) is 71.3 cm³/mol. The van der Waals surface area contributed by atoms with E-state index in [1.54, 1.807) is 4.52 Å². The molecule has 0 saturated carbocycles. The highest BCUT2D eigenvalue weighted by atomic mass is 16.1. The molecule has 3 aromatic rings. The minimum absolute atomic E-state index is 0.518. The van der Waals surface area contributed by atoms with Gasteiger partial charge in [-0.25, -0.2) is 4.98 Å². The number of fused-ring (bicyclic) bond motifs is 1. The van der Waals surface area contributed by atoms with Crippen LogP contribution in [0.2, 0.25) is 0 Å². The van der Waals surface area contributed by atoms with E-state index in [4.69, 9.17) is 0 Å². The molecule has 0 aliphatic rings. The summed E-state index contributed by atoms with van der Waals surface area (Å²) in [4.78, 5) is 15.4. The molecular weight excluding hydrogens is 240 g/mol. The third-order valence-corrected chi connectivity index (χ3v) is 3.28.